The fourth-order valence-corrected chi connectivity index (χ4v) is 15.4. The van der Waals surface area contributed by atoms with Crippen LogP contribution in [0.2, 0.25) is 0 Å². The summed E-state index contributed by atoms with van der Waals surface area (Å²) in [6.07, 6.45) is 0. The molecular formula is C90H56N2O4. The van der Waals surface area contributed by atoms with Gasteiger partial charge in [0.15, 0.2) is 11.2 Å². The lowest BCUT2D eigenvalue weighted by atomic mass is 9.94. The number of aryl methyl sites for hydroxylation is 2. The van der Waals surface area contributed by atoms with Crippen molar-refractivity contribution in [2.24, 2.45) is 0 Å². The van der Waals surface area contributed by atoms with Gasteiger partial charge in [-0.15, -0.1) is 0 Å². The zero-order chi connectivity index (χ0) is 63.3. The first-order valence-corrected chi connectivity index (χ1v) is 32.8. The van der Waals surface area contributed by atoms with Gasteiger partial charge in [0.2, 0.25) is 0 Å². The number of rotatable bonds is 9. The highest BCUT2D eigenvalue weighted by Gasteiger charge is 2.28. The fourth-order valence-electron chi connectivity index (χ4n) is 15.4. The monoisotopic (exact) mass is 1230 g/mol. The number of fused-ring (bicyclic) bond motifs is 18. The molecule has 0 aliphatic heterocycles. The topological polar surface area (TPSA) is 59.0 Å². The predicted molar refractivity (Wildman–Crippen MR) is 401 cm³/mol. The Morgan fingerprint density at radius 3 is 1.33 bits per heavy atom. The largest absolute Gasteiger partial charge is 0.456 e. The summed E-state index contributed by atoms with van der Waals surface area (Å²) >= 11 is 0. The molecule has 20 aromatic rings. The number of benzene rings is 16. The lowest BCUT2D eigenvalue weighted by molar-refractivity contribution is 0.668. The van der Waals surface area contributed by atoms with Crippen molar-refractivity contribution in [2.45, 2.75) is 13.8 Å². The van der Waals surface area contributed by atoms with Crippen LogP contribution in [-0.4, -0.2) is 0 Å². The molecule has 4 aromatic heterocycles. The summed E-state index contributed by atoms with van der Waals surface area (Å²) < 4.78 is 28.6. The molecule has 0 fully saturated rings. The first-order valence-electron chi connectivity index (χ1n) is 32.8. The van der Waals surface area contributed by atoms with Crippen molar-refractivity contribution >= 4 is 165 Å². The predicted octanol–water partition coefficient (Wildman–Crippen LogP) is 26.5. The van der Waals surface area contributed by atoms with Gasteiger partial charge in [0.1, 0.15) is 33.5 Å². The molecule has 0 saturated heterocycles. The van der Waals surface area contributed by atoms with E-state index in [9.17, 15) is 0 Å². The van der Waals surface area contributed by atoms with Crippen LogP contribution in [0.15, 0.2) is 321 Å². The maximum absolute atomic E-state index is 7.43. The highest BCUT2D eigenvalue weighted by Crippen LogP contribution is 2.52. The third-order valence-corrected chi connectivity index (χ3v) is 19.8. The lowest BCUT2D eigenvalue weighted by Gasteiger charge is -2.27. The van der Waals surface area contributed by atoms with E-state index in [1.54, 1.807) is 0 Å². The van der Waals surface area contributed by atoms with Gasteiger partial charge in [0.05, 0.1) is 22.7 Å². The second kappa shape index (κ2) is 20.9. The molecule has 0 spiro atoms. The normalized spacial score (nSPS) is 12.1. The minimum atomic E-state index is 0.788. The first kappa shape index (κ1) is 54.0. The van der Waals surface area contributed by atoms with Crippen molar-refractivity contribution in [1.82, 2.24) is 0 Å². The van der Waals surface area contributed by atoms with E-state index < -0.39 is 0 Å². The van der Waals surface area contributed by atoms with Gasteiger partial charge in [-0.25, -0.2) is 0 Å². The molecule has 0 radical (unpaired) electrons. The standard InChI is InChI=1S/C90H56N2O4/c1-53-37-41-63(42-38-53)91(77-35-17-33-71-70-32-16-31-65(87(70)95-89(71)77)55-20-5-3-6-21-55)79-51-83-86(68-29-13-11-27-66(68)79)76-46-60-40-39-59(44-61(60)50-82(76)94-83)62-47-73(56-22-7-4-8-23-56)88-74(48-62)72-34-18-36-78(90(72)96-88)92(64-26-15-19-54(2)43-64)80-52-84-85(69-30-14-12-28-67(69)80)75-45-57-24-9-10-25-58(57)49-81(75)93-84/h3-52H,1-2H3. The van der Waals surface area contributed by atoms with E-state index in [0.717, 1.165) is 199 Å². The number of hydrogen-bond acceptors (Lipinski definition) is 6. The van der Waals surface area contributed by atoms with Crippen molar-refractivity contribution < 1.29 is 17.7 Å². The first-order chi connectivity index (χ1) is 47.4. The molecular weight excluding hydrogens is 1170 g/mol. The van der Waals surface area contributed by atoms with Gasteiger partial charge in [-0.3, -0.25) is 0 Å². The van der Waals surface area contributed by atoms with Crippen molar-refractivity contribution in [2.75, 3.05) is 9.80 Å². The van der Waals surface area contributed by atoms with Gasteiger partial charge in [0.25, 0.3) is 0 Å². The fraction of sp³-hybridized carbons (Fsp3) is 0.0222. The number of para-hydroxylation sites is 3. The van der Waals surface area contributed by atoms with Crippen LogP contribution in [-0.2, 0) is 0 Å². The van der Waals surface area contributed by atoms with Gasteiger partial charge in [-0.2, -0.15) is 0 Å². The zero-order valence-corrected chi connectivity index (χ0v) is 52.4. The molecule has 0 aliphatic rings. The molecule has 4 heterocycles. The third-order valence-electron chi connectivity index (χ3n) is 19.8. The van der Waals surface area contributed by atoms with Crippen molar-refractivity contribution in [3.63, 3.8) is 0 Å². The van der Waals surface area contributed by atoms with Crippen LogP contribution in [0, 0.1) is 13.8 Å². The second-order valence-corrected chi connectivity index (χ2v) is 25.6. The van der Waals surface area contributed by atoms with Gasteiger partial charge in [-0.1, -0.05) is 218 Å². The summed E-state index contributed by atoms with van der Waals surface area (Å²) in [5.74, 6) is 0. The minimum absolute atomic E-state index is 0.788. The Bertz CT molecular complexity index is 6610. The van der Waals surface area contributed by atoms with E-state index in [-0.39, 0.29) is 0 Å². The maximum Gasteiger partial charge on any atom is 0.159 e. The quantitative estimate of drug-likeness (QED) is 0.144. The molecule has 0 aliphatic carbocycles. The van der Waals surface area contributed by atoms with E-state index in [2.05, 4.69) is 327 Å². The molecule has 0 unspecified atom stereocenters. The van der Waals surface area contributed by atoms with E-state index in [1.807, 2.05) is 0 Å². The molecule has 0 atom stereocenters. The number of furan rings is 4. The van der Waals surface area contributed by atoms with Crippen LogP contribution >= 0.6 is 0 Å². The van der Waals surface area contributed by atoms with Crippen LogP contribution in [0.3, 0.4) is 0 Å². The number of hydrogen-bond donors (Lipinski definition) is 0. The molecule has 96 heavy (non-hydrogen) atoms. The van der Waals surface area contributed by atoms with Crippen LogP contribution in [0.1, 0.15) is 11.1 Å². The molecule has 450 valence electrons. The Hall–Kier alpha value is -12.6. The van der Waals surface area contributed by atoms with Crippen molar-refractivity contribution in [3.8, 4) is 33.4 Å². The second-order valence-electron chi connectivity index (χ2n) is 25.6. The van der Waals surface area contributed by atoms with E-state index >= 15 is 0 Å². The summed E-state index contributed by atoms with van der Waals surface area (Å²) in [6.45, 7) is 4.29. The Kier molecular flexibility index (Phi) is 11.8. The SMILES string of the molecule is Cc1ccc(N(c2cc3oc4cc5cc(-c6cc(-c7ccccc7)c7oc8c(N(c9cccc(C)c9)c9cc%10oc%11cc%12ccccc%12cc%11c%10c%10ccccc9%10)cccc8c7c6)ccc5cc4c3c3ccccc23)c2cccc3c2oc2c(-c4ccccc4)cccc23)cc1. The molecule has 0 N–H and O–H groups in total. The Balaban J connectivity index is 0.748. The molecule has 0 bridgehead atoms. The minimum Gasteiger partial charge on any atom is -0.456 e. The number of anilines is 6. The van der Waals surface area contributed by atoms with Gasteiger partial charge < -0.3 is 27.5 Å². The van der Waals surface area contributed by atoms with Crippen LogP contribution < -0.4 is 9.80 Å². The van der Waals surface area contributed by atoms with Crippen molar-refractivity contribution in [3.05, 3.63) is 314 Å². The summed E-state index contributed by atoms with van der Waals surface area (Å²) in [5.41, 5.74) is 21.2. The van der Waals surface area contributed by atoms with Gasteiger partial charge in [0, 0.05) is 88.5 Å². The molecule has 0 saturated carbocycles. The average Bonchev–Trinajstić information content (AvgIpc) is 1.52. The van der Waals surface area contributed by atoms with E-state index in [1.165, 1.54) is 10.9 Å². The summed E-state index contributed by atoms with van der Waals surface area (Å²) in [5, 5.41) is 17.5. The van der Waals surface area contributed by atoms with Crippen LogP contribution in [0.25, 0.3) is 164 Å². The third kappa shape index (κ3) is 8.32. The average molecular weight is 1230 g/mol. The Morgan fingerprint density at radius 1 is 0.219 bits per heavy atom. The van der Waals surface area contributed by atoms with Gasteiger partial charge >= 0.3 is 0 Å². The molecule has 0 amide bonds. The molecule has 20 rings (SSSR count). The summed E-state index contributed by atoms with van der Waals surface area (Å²) in [6, 6.07) is 109. The highest BCUT2D eigenvalue weighted by molar-refractivity contribution is 6.27. The smallest absolute Gasteiger partial charge is 0.159 e. The molecule has 6 nitrogen and oxygen atoms in total. The lowest BCUT2D eigenvalue weighted by Crippen LogP contribution is -2.11. The highest BCUT2D eigenvalue weighted by atomic mass is 16.3. The van der Waals surface area contributed by atoms with Gasteiger partial charge in [-0.05, 0) is 153 Å². The van der Waals surface area contributed by atoms with Crippen molar-refractivity contribution in [1.29, 1.82) is 0 Å². The Morgan fingerprint density at radius 2 is 0.708 bits per heavy atom. The zero-order valence-electron chi connectivity index (χ0n) is 52.4. The van der Waals surface area contributed by atoms with Crippen LogP contribution in [0.4, 0.5) is 34.1 Å². The summed E-state index contributed by atoms with van der Waals surface area (Å²) in [4.78, 5) is 4.71. The Labute approximate surface area is 550 Å². The van der Waals surface area contributed by atoms with E-state index in [0.29, 0.717) is 0 Å². The van der Waals surface area contributed by atoms with E-state index in [4.69, 9.17) is 17.7 Å². The molecule has 16 aromatic carbocycles. The maximum atomic E-state index is 7.43. The molecule has 6 heteroatoms. The summed E-state index contributed by atoms with van der Waals surface area (Å²) in [7, 11) is 0. The van der Waals surface area contributed by atoms with Crippen LogP contribution in [0.5, 0.6) is 0 Å². The number of nitrogens with zero attached hydrogens (tertiary/aromatic N) is 2.